The first kappa shape index (κ1) is 24.2. The first-order chi connectivity index (χ1) is 15.7. The van der Waals surface area contributed by atoms with Crippen molar-refractivity contribution in [3.8, 4) is 22.8 Å². The zero-order chi connectivity index (χ0) is 24.0. The smallest absolute Gasteiger partial charge is 0.217 e. The Labute approximate surface area is 195 Å². The van der Waals surface area contributed by atoms with E-state index in [0.717, 1.165) is 11.3 Å². The van der Waals surface area contributed by atoms with Gasteiger partial charge in [0.25, 0.3) is 0 Å². The minimum Gasteiger partial charge on any atom is -0.457 e. The van der Waals surface area contributed by atoms with E-state index in [1.54, 1.807) is 30.5 Å². The maximum absolute atomic E-state index is 12.8. The number of ketones is 1. The van der Waals surface area contributed by atoms with E-state index in [-0.39, 0.29) is 24.0 Å². The van der Waals surface area contributed by atoms with E-state index in [1.165, 1.54) is 6.92 Å². The van der Waals surface area contributed by atoms with Crippen molar-refractivity contribution < 1.29 is 18.7 Å². The largest absolute Gasteiger partial charge is 0.457 e. The van der Waals surface area contributed by atoms with Gasteiger partial charge in [-0.1, -0.05) is 27.7 Å². The fraction of sp³-hybridized carbons (Fsp3) is 0.370. The molecule has 1 aromatic heterocycles. The van der Waals surface area contributed by atoms with Gasteiger partial charge in [-0.2, -0.15) is 0 Å². The monoisotopic (exact) mass is 448 g/mol. The molecule has 0 atom stereocenters. The minimum absolute atomic E-state index is 0.00303. The number of amides is 1. The van der Waals surface area contributed by atoms with Gasteiger partial charge >= 0.3 is 0 Å². The van der Waals surface area contributed by atoms with Crippen LogP contribution in [0.25, 0.3) is 11.3 Å². The topological polar surface area (TPSA) is 81.4 Å². The Bertz CT molecular complexity index is 1080. The van der Waals surface area contributed by atoms with E-state index in [0.29, 0.717) is 35.8 Å². The summed E-state index contributed by atoms with van der Waals surface area (Å²) in [4.78, 5) is 28.9. The number of rotatable bonds is 10. The zero-order valence-corrected chi connectivity index (χ0v) is 20.0. The van der Waals surface area contributed by atoms with Crippen LogP contribution in [0.2, 0.25) is 0 Å². The van der Waals surface area contributed by atoms with Crippen molar-refractivity contribution in [3.63, 3.8) is 0 Å². The summed E-state index contributed by atoms with van der Waals surface area (Å²) in [6.07, 6.45) is 3.32. The Balaban J connectivity index is 1.65. The summed E-state index contributed by atoms with van der Waals surface area (Å²) in [5, 5.41) is 2.97. The molecule has 1 heterocycles. The highest BCUT2D eigenvalue weighted by molar-refractivity contribution is 5.97. The van der Waals surface area contributed by atoms with E-state index in [4.69, 9.17) is 9.15 Å². The lowest BCUT2D eigenvalue weighted by molar-refractivity contribution is -0.120. The van der Waals surface area contributed by atoms with E-state index in [2.05, 4.69) is 10.3 Å². The van der Waals surface area contributed by atoms with Crippen molar-refractivity contribution in [2.45, 2.75) is 65.3 Å². The van der Waals surface area contributed by atoms with Crippen molar-refractivity contribution in [1.82, 2.24) is 10.3 Å². The lowest BCUT2D eigenvalue weighted by Gasteiger charge is -2.32. The molecule has 6 heteroatoms. The predicted molar refractivity (Wildman–Crippen MR) is 129 cm³/mol. The summed E-state index contributed by atoms with van der Waals surface area (Å²) >= 11 is 0. The van der Waals surface area contributed by atoms with Crippen molar-refractivity contribution in [2.75, 3.05) is 0 Å². The molecule has 174 valence electrons. The van der Waals surface area contributed by atoms with Gasteiger partial charge in [0.2, 0.25) is 5.91 Å². The molecule has 0 saturated heterocycles. The summed E-state index contributed by atoms with van der Waals surface area (Å²) in [6.45, 7) is 9.54. The number of benzene rings is 2. The van der Waals surface area contributed by atoms with Gasteiger partial charge in [0.1, 0.15) is 23.5 Å². The number of ether oxygens (including phenoxy) is 1. The maximum Gasteiger partial charge on any atom is 0.217 e. The second-order valence-electron chi connectivity index (χ2n) is 8.65. The van der Waals surface area contributed by atoms with Crippen molar-refractivity contribution in [2.24, 2.45) is 0 Å². The van der Waals surface area contributed by atoms with E-state index in [9.17, 15) is 9.59 Å². The average Bonchev–Trinajstić information content (AvgIpc) is 3.30. The molecule has 0 saturated carbocycles. The second-order valence-corrected chi connectivity index (χ2v) is 8.65. The number of oxazole rings is 1. The van der Waals surface area contributed by atoms with E-state index < -0.39 is 5.54 Å². The van der Waals surface area contributed by atoms with E-state index in [1.807, 2.05) is 52.0 Å². The molecule has 0 spiro atoms. The summed E-state index contributed by atoms with van der Waals surface area (Å²) in [5.41, 5.74) is 1.83. The lowest BCUT2D eigenvalue weighted by atomic mass is 9.85. The van der Waals surface area contributed by atoms with Crippen LogP contribution >= 0.6 is 0 Å². The summed E-state index contributed by atoms with van der Waals surface area (Å²) in [7, 11) is 0. The Kier molecular flexibility index (Phi) is 7.69. The number of hydrogen-bond acceptors (Lipinski definition) is 5. The normalized spacial score (nSPS) is 11.5. The quantitative estimate of drug-likeness (QED) is 0.357. The molecule has 3 aromatic rings. The van der Waals surface area contributed by atoms with Crippen LogP contribution in [0.15, 0.2) is 59.2 Å². The molecule has 0 radical (unpaired) electrons. The molecule has 6 nitrogen and oxygen atoms in total. The van der Waals surface area contributed by atoms with E-state index >= 15 is 0 Å². The van der Waals surface area contributed by atoms with Crippen LogP contribution in [0, 0.1) is 0 Å². The Morgan fingerprint density at radius 1 is 1.00 bits per heavy atom. The summed E-state index contributed by atoms with van der Waals surface area (Å²) < 4.78 is 11.4. The van der Waals surface area contributed by atoms with Gasteiger partial charge in [-0.3, -0.25) is 9.59 Å². The van der Waals surface area contributed by atoms with Crippen LogP contribution < -0.4 is 10.1 Å². The van der Waals surface area contributed by atoms with Crippen molar-refractivity contribution in [3.05, 3.63) is 66.2 Å². The standard InChI is InChI=1S/C27H32N2O4/c1-6-27(7-2,29-19(5)30)16-25(31)21-10-14-23(15-11-21)33-22-12-8-20(9-13-22)24-17-32-26(28-24)18(3)4/h8-15,17-18H,6-7,16H2,1-5H3,(H,29,30). The molecule has 0 unspecified atom stereocenters. The van der Waals surface area contributed by atoms with Crippen LogP contribution in [0.5, 0.6) is 11.5 Å². The third-order valence-electron chi connectivity index (χ3n) is 5.87. The van der Waals surface area contributed by atoms with Crippen LogP contribution in [0.4, 0.5) is 0 Å². The second kappa shape index (κ2) is 10.5. The van der Waals surface area contributed by atoms with Crippen LogP contribution in [0.3, 0.4) is 0 Å². The molecule has 2 aromatic carbocycles. The van der Waals surface area contributed by atoms with Crippen molar-refractivity contribution >= 4 is 11.7 Å². The molecule has 0 aliphatic carbocycles. The van der Waals surface area contributed by atoms with Gasteiger partial charge in [-0.15, -0.1) is 0 Å². The first-order valence-electron chi connectivity index (χ1n) is 11.4. The van der Waals surface area contributed by atoms with Gasteiger partial charge in [0.05, 0.1) is 0 Å². The molecule has 0 aliphatic heterocycles. The fourth-order valence-corrected chi connectivity index (χ4v) is 3.73. The number of nitrogens with one attached hydrogen (secondary N) is 1. The number of hydrogen-bond donors (Lipinski definition) is 1. The summed E-state index contributed by atoms with van der Waals surface area (Å²) in [5.74, 6) is 2.16. The van der Waals surface area contributed by atoms with Gasteiger partial charge in [-0.05, 0) is 61.4 Å². The molecule has 33 heavy (non-hydrogen) atoms. The zero-order valence-electron chi connectivity index (χ0n) is 20.0. The first-order valence-corrected chi connectivity index (χ1v) is 11.4. The molecule has 0 aliphatic rings. The number of Topliss-reactive ketones (excluding diaryl/α,β-unsaturated/α-hetero) is 1. The maximum atomic E-state index is 12.8. The lowest BCUT2D eigenvalue weighted by Crippen LogP contribution is -2.48. The van der Waals surface area contributed by atoms with Crippen molar-refractivity contribution in [1.29, 1.82) is 0 Å². The average molecular weight is 449 g/mol. The van der Waals surface area contributed by atoms with Crippen LogP contribution in [0.1, 0.15) is 76.0 Å². The van der Waals surface area contributed by atoms with Gasteiger partial charge in [0, 0.05) is 35.9 Å². The molecule has 0 fully saturated rings. The van der Waals surface area contributed by atoms with Gasteiger partial charge in [0.15, 0.2) is 11.7 Å². The number of aromatic nitrogens is 1. The predicted octanol–water partition coefficient (Wildman–Crippen LogP) is 6.53. The molecule has 0 bridgehead atoms. The highest BCUT2D eigenvalue weighted by Gasteiger charge is 2.30. The molecule has 1 N–H and O–H groups in total. The molecular formula is C27H32N2O4. The third kappa shape index (κ3) is 6.09. The third-order valence-corrected chi connectivity index (χ3v) is 5.87. The van der Waals surface area contributed by atoms with Gasteiger partial charge in [-0.25, -0.2) is 4.98 Å². The highest BCUT2D eigenvalue weighted by atomic mass is 16.5. The Hall–Kier alpha value is -3.41. The SMILES string of the molecule is CCC(CC)(CC(=O)c1ccc(Oc2ccc(-c3coc(C(C)C)n3)cc2)cc1)NC(C)=O. The fourth-order valence-electron chi connectivity index (χ4n) is 3.73. The summed E-state index contributed by atoms with van der Waals surface area (Å²) in [6, 6.07) is 14.7. The highest BCUT2D eigenvalue weighted by Crippen LogP contribution is 2.28. The number of carbonyl (C=O) groups excluding carboxylic acids is 2. The number of nitrogens with zero attached hydrogens (tertiary/aromatic N) is 1. The molecule has 1 amide bonds. The Morgan fingerprint density at radius 3 is 2.06 bits per heavy atom. The number of carbonyl (C=O) groups is 2. The van der Waals surface area contributed by atoms with Crippen LogP contribution in [-0.2, 0) is 4.79 Å². The molecular weight excluding hydrogens is 416 g/mol. The van der Waals surface area contributed by atoms with Gasteiger partial charge < -0.3 is 14.5 Å². The van der Waals surface area contributed by atoms with Crippen LogP contribution in [-0.4, -0.2) is 22.2 Å². The molecule has 3 rings (SSSR count). The Morgan fingerprint density at radius 2 is 1.58 bits per heavy atom. The minimum atomic E-state index is -0.514.